The van der Waals surface area contributed by atoms with Gasteiger partial charge >= 0.3 is 0 Å². The molecule has 29 heavy (non-hydrogen) atoms. The van der Waals surface area contributed by atoms with E-state index in [1.165, 1.54) is 11.8 Å². The second-order valence-corrected chi connectivity index (χ2v) is 10.8. The molecular formula is C20H17NO5S3. The summed E-state index contributed by atoms with van der Waals surface area (Å²) in [6.45, 7) is 1.51. The van der Waals surface area contributed by atoms with Crippen molar-refractivity contribution in [2.75, 3.05) is 11.5 Å². The summed E-state index contributed by atoms with van der Waals surface area (Å²) in [5.41, 5.74) is 1.44. The number of Topliss-reactive ketones (excluding diaryl/α,β-unsaturated/α-hetero) is 1. The molecular weight excluding hydrogens is 430 g/mol. The number of furan rings is 1. The normalized spacial score (nSPS) is 22.6. The van der Waals surface area contributed by atoms with Crippen molar-refractivity contribution in [1.82, 2.24) is 4.90 Å². The van der Waals surface area contributed by atoms with E-state index >= 15 is 0 Å². The van der Waals surface area contributed by atoms with Gasteiger partial charge < -0.3 is 4.42 Å². The average Bonchev–Trinajstić information content (AvgIpc) is 3.34. The third-order valence-electron chi connectivity index (χ3n) is 4.87. The molecule has 3 heterocycles. The van der Waals surface area contributed by atoms with Crippen LogP contribution < -0.4 is 0 Å². The summed E-state index contributed by atoms with van der Waals surface area (Å²) in [4.78, 5) is 26.0. The first-order chi connectivity index (χ1) is 13.7. The Morgan fingerprint density at radius 3 is 2.59 bits per heavy atom. The van der Waals surface area contributed by atoms with E-state index in [0.29, 0.717) is 32.7 Å². The van der Waals surface area contributed by atoms with Gasteiger partial charge in [0.1, 0.15) is 15.8 Å². The molecule has 1 aromatic carbocycles. The summed E-state index contributed by atoms with van der Waals surface area (Å²) in [5.74, 6) is 0.851. The largest absolute Gasteiger partial charge is 0.457 e. The number of rotatable bonds is 4. The molecule has 1 aromatic heterocycles. The Kier molecular flexibility index (Phi) is 5.22. The van der Waals surface area contributed by atoms with E-state index in [-0.39, 0.29) is 23.2 Å². The average molecular weight is 448 g/mol. The second kappa shape index (κ2) is 7.55. The molecule has 2 fully saturated rings. The number of carbonyl (C=O) groups excluding carboxylic acids is 2. The predicted octanol–water partition coefficient (Wildman–Crippen LogP) is 3.54. The van der Waals surface area contributed by atoms with Crippen LogP contribution in [0.5, 0.6) is 0 Å². The Labute approximate surface area is 177 Å². The van der Waals surface area contributed by atoms with Crippen LogP contribution in [0.2, 0.25) is 0 Å². The van der Waals surface area contributed by atoms with Crippen LogP contribution in [-0.2, 0) is 14.6 Å². The highest BCUT2D eigenvalue weighted by Crippen LogP contribution is 2.36. The third-order valence-corrected chi connectivity index (χ3v) is 7.95. The van der Waals surface area contributed by atoms with Crippen molar-refractivity contribution in [3.63, 3.8) is 0 Å². The molecule has 1 atom stereocenters. The predicted molar refractivity (Wildman–Crippen MR) is 116 cm³/mol. The van der Waals surface area contributed by atoms with Crippen molar-refractivity contribution < 1.29 is 22.4 Å². The van der Waals surface area contributed by atoms with Crippen LogP contribution in [0.3, 0.4) is 0 Å². The Morgan fingerprint density at radius 2 is 1.97 bits per heavy atom. The molecule has 0 aliphatic carbocycles. The first-order valence-corrected chi connectivity index (χ1v) is 12.0. The topological polar surface area (TPSA) is 84.7 Å². The van der Waals surface area contributed by atoms with Gasteiger partial charge in [-0.1, -0.05) is 48.2 Å². The first-order valence-electron chi connectivity index (χ1n) is 8.92. The smallest absolute Gasteiger partial charge is 0.266 e. The Hall–Kier alpha value is -2.23. The van der Waals surface area contributed by atoms with Crippen LogP contribution in [0.15, 0.2) is 45.7 Å². The van der Waals surface area contributed by atoms with Gasteiger partial charge in [-0.05, 0) is 25.5 Å². The van der Waals surface area contributed by atoms with E-state index in [1.54, 1.807) is 42.5 Å². The minimum Gasteiger partial charge on any atom is -0.457 e. The third kappa shape index (κ3) is 4.08. The molecule has 9 heteroatoms. The molecule has 6 nitrogen and oxygen atoms in total. The first kappa shape index (κ1) is 20.1. The van der Waals surface area contributed by atoms with Crippen LogP contribution in [0.25, 0.3) is 17.4 Å². The Balaban J connectivity index is 1.54. The monoisotopic (exact) mass is 447 g/mol. The molecule has 4 rings (SSSR count). The van der Waals surface area contributed by atoms with Crippen molar-refractivity contribution in [2.24, 2.45) is 0 Å². The number of sulfone groups is 1. The number of hydrogen-bond acceptors (Lipinski definition) is 7. The van der Waals surface area contributed by atoms with Crippen molar-refractivity contribution in [3.8, 4) is 11.3 Å². The summed E-state index contributed by atoms with van der Waals surface area (Å²) >= 11 is 6.46. The van der Waals surface area contributed by atoms with Gasteiger partial charge in [0, 0.05) is 17.2 Å². The summed E-state index contributed by atoms with van der Waals surface area (Å²) in [5, 5.41) is 0. The molecule has 0 spiro atoms. The quantitative estimate of drug-likeness (QED) is 0.403. The molecule has 2 saturated heterocycles. The molecule has 0 saturated carbocycles. The molecule has 2 aromatic rings. The van der Waals surface area contributed by atoms with Crippen molar-refractivity contribution in [2.45, 2.75) is 19.4 Å². The lowest BCUT2D eigenvalue weighted by atomic mass is 10.1. The molecule has 2 aliphatic heterocycles. The van der Waals surface area contributed by atoms with E-state index in [9.17, 15) is 18.0 Å². The van der Waals surface area contributed by atoms with Crippen LogP contribution >= 0.6 is 24.0 Å². The number of ketones is 1. The fourth-order valence-electron chi connectivity index (χ4n) is 3.36. The summed E-state index contributed by atoms with van der Waals surface area (Å²) in [6.07, 6.45) is 2.03. The zero-order valence-electron chi connectivity index (χ0n) is 15.5. The molecule has 150 valence electrons. The Morgan fingerprint density at radius 1 is 1.24 bits per heavy atom. The van der Waals surface area contributed by atoms with Gasteiger partial charge in [-0.3, -0.25) is 14.5 Å². The van der Waals surface area contributed by atoms with Gasteiger partial charge in [-0.25, -0.2) is 8.42 Å². The highest BCUT2D eigenvalue weighted by Gasteiger charge is 2.42. The number of benzene rings is 1. The van der Waals surface area contributed by atoms with E-state index in [1.807, 2.05) is 0 Å². The van der Waals surface area contributed by atoms with Crippen LogP contribution in [0, 0.1) is 0 Å². The zero-order chi connectivity index (χ0) is 20.8. The zero-order valence-corrected chi connectivity index (χ0v) is 17.9. The van der Waals surface area contributed by atoms with Gasteiger partial charge in [0.05, 0.1) is 22.5 Å². The van der Waals surface area contributed by atoms with Gasteiger partial charge in [-0.15, -0.1) is 0 Å². The van der Waals surface area contributed by atoms with Gasteiger partial charge in [-0.2, -0.15) is 0 Å². The number of thioether (sulfide) groups is 1. The summed E-state index contributed by atoms with van der Waals surface area (Å²) < 4.78 is 29.7. The maximum Gasteiger partial charge on any atom is 0.266 e. The van der Waals surface area contributed by atoms with Crippen LogP contribution in [0.1, 0.15) is 29.5 Å². The Bertz CT molecular complexity index is 1150. The van der Waals surface area contributed by atoms with Crippen LogP contribution in [-0.4, -0.2) is 46.9 Å². The minimum atomic E-state index is -3.11. The molecule has 2 aliphatic rings. The van der Waals surface area contributed by atoms with Crippen molar-refractivity contribution in [1.29, 1.82) is 0 Å². The number of amides is 1. The number of thiocarbonyl (C=S) groups is 1. The second-order valence-electron chi connectivity index (χ2n) is 6.94. The minimum absolute atomic E-state index is 0.00577. The lowest BCUT2D eigenvalue weighted by molar-refractivity contribution is -0.123. The van der Waals surface area contributed by atoms with Crippen molar-refractivity contribution in [3.05, 3.63) is 52.6 Å². The maximum absolute atomic E-state index is 12.8. The highest BCUT2D eigenvalue weighted by atomic mass is 32.2. The molecule has 0 radical (unpaired) electrons. The summed E-state index contributed by atoms with van der Waals surface area (Å²) in [7, 11) is -3.11. The number of nitrogens with zero attached hydrogens (tertiary/aromatic N) is 1. The molecule has 1 unspecified atom stereocenters. The fourth-order valence-corrected chi connectivity index (χ4v) is 6.44. The lowest BCUT2D eigenvalue weighted by Gasteiger charge is -2.20. The fraction of sp³-hybridized carbons (Fsp3) is 0.250. The van der Waals surface area contributed by atoms with Crippen LogP contribution in [0.4, 0.5) is 0 Å². The van der Waals surface area contributed by atoms with E-state index in [2.05, 4.69) is 0 Å². The lowest BCUT2D eigenvalue weighted by Crippen LogP contribution is -2.39. The highest BCUT2D eigenvalue weighted by molar-refractivity contribution is 8.26. The van der Waals surface area contributed by atoms with Gasteiger partial charge in [0.2, 0.25) is 0 Å². The molecule has 1 amide bonds. The SMILES string of the molecule is CC(=O)c1ccc(-c2ccc(/C=C3\SC(=S)N(C4CCS(=O)(=O)C4)C3=O)o2)cc1. The van der Waals surface area contributed by atoms with Gasteiger partial charge in [0.15, 0.2) is 15.6 Å². The molecule has 0 N–H and O–H groups in total. The van der Waals surface area contributed by atoms with E-state index < -0.39 is 15.9 Å². The van der Waals surface area contributed by atoms with Crippen molar-refractivity contribution >= 4 is 55.9 Å². The maximum atomic E-state index is 12.8. The summed E-state index contributed by atoms with van der Waals surface area (Å²) in [6, 6.07) is 10.2. The standard InChI is InChI=1S/C20H17NO5S3/c1-12(22)13-2-4-14(5-3-13)17-7-6-16(26-17)10-18-19(23)21(20(27)28-18)15-8-9-29(24,25)11-15/h2-7,10,15H,8-9,11H2,1H3/b18-10-. The van der Waals surface area contributed by atoms with E-state index in [4.69, 9.17) is 16.6 Å². The number of carbonyl (C=O) groups is 2. The van der Waals surface area contributed by atoms with Gasteiger partial charge in [0.25, 0.3) is 5.91 Å². The van der Waals surface area contributed by atoms with E-state index in [0.717, 1.165) is 17.3 Å². The number of hydrogen-bond donors (Lipinski definition) is 0. The molecule has 0 bridgehead atoms.